The number of aromatic nitrogens is 1. The number of rotatable bonds is 5. The maximum atomic E-state index is 13.9. The molecule has 0 aliphatic carbocycles. The minimum absolute atomic E-state index is 0.310. The fourth-order valence-corrected chi connectivity index (χ4v) is 2.29. The van der Waals surface area contributed by atoms with E-state index in [9.17, 15) is 4.39 Å². The van der Waals surface area contributed by atoms with E-state index in [1.165, 1.54) is 6.07 Å². The lowest BCUT2D eigenvalue weighted by atomic mass is 10.1. The van der Waals surface area contributed by atoms with E-state index < -0.39 is 0 Å². The molecule has 0 fully saturated rings. The molecule has 4 nitrogen and oxygen atoms in total. The molecule has 0 unspecified atom stereocenters. The molecule has 1 aromatic heterocycles. The number of nitrogens with two attached hydrogens (primary N) is 1. The quantitative estimate of drug-likeness (QED) is 0.771. The van der Waals surface area contributed by atoms with Crippen molar-refractivity contribution in [2.75, 3.05) is 6.54 Å². The van der Waals surface area contributed by atoms with Crippen LogP contribution in [0.25, 0.3) is 11.3 Å². The zero-order chi connectivity index (χ0) is 16.2. The molecule has 0 aliphatic heterocycles. The molecule has 0 amide bonds. The van der Waals surface area contributed by atoms with Crippen LogP contribution in [0, 0.1) is 12.7 Å². The van der Waals surface area contributed by atoms with Gasteiger partial charge in [0.15, 0.2) is 11.7 Å². The van der Waals surface area contributed by atoms with Crippen molar-refractivity contribution in [3.05, 3.63) is 65.9 Å². The van der Waals surface area contributed by atoms with Crippen molar-refractivity contribution < 1.29 is 13.5 Å². The second kappa shape index (κ2) is 6.62. The number of benzene rings is 2. The highest BCUT2D eigenvalue weighted by Gasteiger charge is 2.07. The fraction of sp³-hybridized carbons (Fsp3) is 0.167. The molecule has 1 heterocycles. The number of halogens is 1. The van der Waals surface area contributed by atoms with Gasteiger partial charge in [0.05, 0.1) is 6.20 Å². The van der Waals surface area contributed by atoms with Crippen LogP contribution in [0.15, 0.2) is 53.1 Å². The average Bonchev–Trinajstić information content (AvgIpc) is 2.97. The van der Waals surface area contributed by atoms with E-state index in [2.05, 4.69) is 4.98 Å². The number of nitrogens with zero attached hydrogens (tertiary/aromatic N) is 1. The third-order valence-electron chi connectivity index (χ3n) is 3.41. The molecule has 5 heteroatoms. The Kier molecular flexibility index (Phi) is 4.39. The Balaban J connectivity index is 1.82. The zero-order valence-corrected chi connectivity index (χ0v) is 12.8. The molecule has 0 aliphatic rings. The van der Waals surface area contributed by atoms with Crippen LogP contribution in [0.3, 0.4) is 0 Å². The van der Waals surface area contributed by atoms with Gasteiger partial charge in [-0.3, -0.25) is 0 Å². The number of aryl methyl sites for hydroxylation is 1. The first-order valence-electron chi connectivity index (χ1n) is 7.35. The summed E-state index contributed by atoms with van der Waals surface area (Å²) < 4.78 is 25.2. The summed E-state index contributed by atoms with van der Waals surface area (Å²) in [5, 5.41) is 0. The molecule has 23 heavy (non-hydrogen) atoms. The van der Waals surface area contributed by atoms with Crippen molar-refractivity contribution in [2.24, 2.45) is 5.73 Å². The average molecular weight is 312 g/mol. The molecule has 3 rings (SSSR count). The first-order valence-corrected chi connectivity index (χ1v) is 7.35. The van der Waals surface area contributed by atoms with Crippen molar-refractivity contribution in [1.29, 1.82) is 0 Å². The van der Waals surface area contributed by atoms with Crippen molar-refractivity contribution in [3.63, 3.8) is 0 Å². The smallest absolute Gasteiger partial charge is 0.191 e. The van der Waals surface area contributed by atoms with E-state index >= 15 is 0 Å². The fourth-order valence-electron chi connectivity index (χ4n) is 2.29. The van der Waals surface area contributed by atoms with Crippen LogP contribution in [0.1, 0.15) is 11.5 Å². The minimum Gasteiger partial charge on any atom is -0.457 e. The van der Waals surface area contributed by atoms with Gasteiger partial charge in [-0.2, -0.15) is 0 Å². The van der Waals surface area contributed by atoms with E-state index in [0.29, 0.717) is 41.7 Å². The van der Waals surface area contributed by atoms with Crippen LogP contribution in [0.2, 0.25) is 0 Å². The largest absolute Gasteiger partial charge is 0.457 e. The van der Waals surface area contributed by atoms with Crippen LogP contribution < -0.4 is 10.5 Å². The first-order chi connectivity index (χ1) is 11.2. The van der Waals surface area contributed by atoms with Crippen LogP contribution in [-0.4, -0.2) is 11.5 Å². The summed E-state index contributed by atoms with van der Waals surface area (Å²) in [5.74, 6) is 1.99. The molecule has 0 saturated carbocycles. The Hall–Kier alpha value is -2.66. The van der Waals surface area contributed by atoms with Gasteiger partial charge in [0.2, 0.25) is 0 Å². The van der Waals surface area contributed by atoms with Gasteiger partial charge in [0.1, 0.15) is 17.3 Å². The Morgan fingerprint density at radius 2 is 2.00 bits per heavy atom. The molecule has 0 radical (unpaired) electrons. The molecule has 0 spiro atoms. The Labute approximate surface area is 133 Å². The summed E-state index contributed by atoms with van der Waals surface area (Å²) in [4.78, 5) is 4.08. The van der Waals surface area contributed by atoms with E-state index in [1.54, 1.807) is 31.3 Å². The van der Waals surface area contributed by atoms with Gasteiger partial charge in [0.25, 0.3) is 0 Å². The highest BCUT2D eigenvalue weighted by Crippen LogP contribution is 2.28. The topological polar surface area (TPSA) is 61.3 Å². The first kappa shape index (κ1) is 15.2. The Bertz CT molecular complexity index is 814. The van der Waals surface area contributed by atoms with Gasteiger partial charge in [-0.25, -0.2) is 9.37 Å². The van der Waals surface area contributed by atoms with E-state index in [4.69, 9.17) is 14.9 Å². The molecule has 0 atom stereocenters. The van der Waals surface area contributed by atoms with Crippen LogP contribution in [-0.2, 0) is 6.42 Å². The molecular formula is C18H17FN2O2. The lowest BCUT2D eigenvalue weighted by Gasteiger charge is -2.08. The van der Waals surface area contributed by atoms with Gasteiger partial charge in [0, 0.05) is 18.6 Å². The predicted molar refractivity (Wildman–Crippen MR) is 85.9 cm³/mol. The number of hydrogen-bond donors (Lipinski definition) is 1. The van der Waals surface area contributed by atoms with Gasteiger partial charge >= 0.3 is 0 Å². The standard InChI is InChI=1S/C18H17FN2O2/c1-12-21-11-18(22-12)14-3-2-4-15(9-14)23-16-6-5-13(7-8-20)17(19)10-16/h2-6,9-11H,7-8,20H2,1H3. The lowest BCUT2D eigenvalue weighted by Crippen LogP contribution is -2.04. The van der Waals surface area contributed by atoms with Gasteiger partial charge < -0.3 is 14.9 Å². The Morgan fingerprint density at radius 3 is 2.70 bits per heavy atom. The second-order valence-corrected chi connectivity index (χ2v) is 5.17. The number of oxazole rings is 1. The summed E-state index contributed by atoms with van der Waals surface area (Å²) in [5.41, 5.74) is 6.89. The van der Waals surface area contributed by atoms with E-state index in [0.717, 1.165) is 5.56 Å². The zero-order valence-electron chi connectivity index (χ0n) is 12.8. The summed E-state index contributed by atoms with van der Waals surface area (Å²) in [6.45, 7) is 2.20. The maximum Gasteiger partial charge on any atom is 0.191 e. The van der Waals surface area contributed by atoms with Gasteiger partial charge in [-0.1, -0.05) is 18.2 Å². The van der Waals surface area contributed by atoms with Gasteiger partial charge in [-0.05, 0) is 36.7 Å². The normalized spacial score (nSPS) is 10.7. The summed E-state index contributed by atoms with van der Waals surface area (Å²) in [6, 6.07) is 12.2. The van der Waals surface area contributed by atoms with Crippen molar-refractivity contribution >= 4 is 0 Å². The third-order valence-corrected chi connectivity index (χ3v) is 3.41. The molecule has 2 N–H and O–H groups in total. The number of hydrogen-bond acceptors (Lipinski definition) is 4. The van der Waals surface area contributed by atoms with Crippen LogP contribution in [0.4, 0.5) is 4.39 Å². The van der Waals surface area contributed by atoms with Crippen LogP contribution >= 0.6 is 0 Å². The third kappa shape index (κ3) is 3.57. The minimum atomic E-state index is -0.310. The van der Waals surface area contributed by atoms with Crippen molar-refractivity contribution in [1.82, 2.24) is 4.98 Å². The summed E-state index contributed by atoms with van der Waals surface area (Å²) in [7, 11) is 0. The SMILES string of the molecule is Cc1ncc(-c2cccc(Oc3ccc(CCN)c(F)c3)c2)o1. The van der Waals surface area contributed by atoms with Crippen molar-refractivity contribution in [3.8, 4) is 22.8 Å². The highest BCUT2D eigenvalue weighted by atomic mass is 19.1. The summed E-state index contributed by atoms with van der Waals surface area (Å²) in [6.07, 6.45) is 2.17. The van der Waals surface area contributed by atoms with Crippen molar-refractivity contribution in [2.45, 2.75) is 13.3 Å². The van der Waals surface area contributed by atoms with Gasteiger partial charge in [-0.15, -0.1) is 0 Å². The molecule has 2 aromatic carbocycles. The van der Waals surface area contributed by atoms with E-state index in [-0.39, 0.29) is 5.82 Å². The number of ether oxygens (including phenoxy) is 1. The highest BCUT2D eigenvalue weighted by molar-refractivity contribution is 5.59. The van der Waals surface area contributed by atoms with E-state index in [1.807, 2.05) is 18.2 Å². The molecular weight excluding hydrogens is 295 g/mol. The molecule has 3 aromatic rings. The van der Waals surface area contributed by atoms with Crippen LogP contribution in [0.5, 0.6) is 11.5 Å². The maximum absolute atomic E-state index is 13.9. The monoisotopic (exact) mass is 312 g/mol. The molecule has 118 valence electrons. The molecule has 0 bridgehead atoms. The predicted octanol–water partition coefficient (Wildman–Crippen LogP) is 4.08. The lowest BCUT2D eigenvalue weighted by molar-refractivity contribution is 0.475. The second-order valence-electron chi connectivity index (χ2n) is 5.17. The summed E-state index contributed by atoms with van der Waals surface area (Å²) >= 11 is 0. The Morgan fingerprint density at radius 1 is 1.17 bits per heavy atom. The molecule has 0 saturated heterocycles.